The van der Waals surface area contributed by atoms with Crippen LogP contribution in [0.5, 0.6) is 0 Å². The molecule has 0 aliphatic carbocycles. The lowest BCUT2D eigenvalue weighted by molar-refractivity contribution is -0.151. The van der Waals surface area contributed by atoms with Crippen LogP contribution in [-0.2, 0) is 74.1 Å². The van der Waals surface area contributed by atoms with E-state index in [4.69, 9.17) is 18.9 Å². The normalized spacial score (nSPS) is 12.1. The fourth-order valence-corrected chi connectivity index (χ4v) is 5.62. The van der Waals surface area contributed by atoms with E-state index in [2.05, 4.69) is 16.0 Å². The fourth-order valence-electron chi connectivity index (χ4n) is 5.62. The lowest BCUT2D eigenvalue weighted by Crippen LogP contribution is -2.56. The van der Waals surface area contributed by atoms with Gasteiger partial charge in [-0.15, -0.1) is 0 Å². The maximum absolute atomic E-state index is 14.0. The van der Waals surface area contributed by atoms with E-state index < -0.39 is 59.6 Å². The van der Waals surface area contributed by atoms with Gasteiger partial charge in [-0.2, -0.15) is 0 Å². The van der Waals surface area contributed by atoms with Crippen LogP contribution >= 0.6 is 0 Å². The summed E-state index contributed by atoms with van der Waals surface area (Å²) < 4.78 is 21.6. The minimum Gasteiger partial charge on any atom is -0.461 e. The number of rotatable bonds is 23. The highest BCUT2D eigenvalue weighted by molar-refractivity contribution is 6.57. The zero-order valence-corrected chi connectivity index (χ0v) is 32.8. The van der Waals surface area contributed by atoms with Gasteiger partial charge in [-0.25, -0.2) is 4.79 Å². The molecule has 3 amide bonds. The van der Waals surface area contributed by atoms with E-state index in [1.165, 1.54) is 7.85 Å². The first-order chi connectivity index (χ1) is 28.5. The smallest absolute Gasteiger partial charge is 0.328 e. The van der Waals surface area contributed by atoms with Crippen LogP contribution in [0.15, 0.2) is 121 Å². The lowest BCUT2D eigenvalue weighted by Gasteiger charge is -2.25. The van der Waals surface area contributed by atoms with Crippen LogP contribution in [0.2, 0.25) is 0 Å². The SMILES string of the molecule is BC(=O)NC(CCC(=O)OCc1ccccc1)C(=O)NC(CCC(=O)OCc1ccccc1)C(=O)NC(CCC(=O)OCc1ccccc1)C(=O)OCc1ccccc1. The number of nitrogens with one attached hydrogen (secondary N) is 3. The molecule has 3 atom stereocenters. The van der Waals surface area contributed by atoms with Gasteiger partial charge < -0.3 is 34.9 Å². The summed E-state index contributed by atoms with van der Waals surface area (Å²) >= 11 is 0. The van der Waals surface area contributed by atoms with E-state index in [0.717, 1.165) is 16.7 Å². The second-order valence-electron chi connectivity index (χ2n) is 13.5. The summed E-state index contributed by atoms with van der Waals surface area (Å²) in [5.41, 5.74) is 2.94. The Morgan fingerprint density at radius 3 is 1.03 bits per heavy atom. The first-order valence-corrected chi connectivity index (χ1v) is 19.2. The number of hydrogen-bond donors (Lipinski definition) is 3. The maximum atomic E-state index is 14.0. The molecule has 0 saturated carbocycles. The molecule has 59 heavy (non-hydrogen) atoms. The van der Waals surface area contributed by atoms with Gasteiger partial charge in [-0.05, 0) is 41.5 Å². The molecule has 4 aromatic rings. The van der Waals surface area contributed by atoms with Gasteiger partial charge in [-0.1, -0.05) is 121 Å². The monoisotopic (exact) mass is 805 g/mol. The molecule has 0 fully saturated rings. The molecule has 0 spiro atoms. The standard InChI is InChI=1S/C44H48BN3O11/c45-44(55)48-36(22-25-39(50)57-28-32-15-7-2-8-16-32)42(53)46-35(21-24-38(49)56-27-31-13-5-1-6-14-31)41(52)47-37(43(54)59-30-34-19-11-4-12-20-34)23-26-40(51)58-29-33-17-9-3-10-18-33/h1-20,35-37H,21-30,45H2,(H,46,53)(H,47,52)(H,48,55). The third kappa shape index (κ3) is 17.5. The molecular formula is C44H48BN3O11. The molecule has 4 aromatic carbocycles. The van der Waals surface area contributed by atoms with E-state index in [0.29, 0.717) is 5.56 Å². The molecule has 0 aromatic heterocycles. The summed E-state index contributed by atoms with van der Waals surface area (Å²) in [6.45, 7) is -0.128. The fraction of sp³-hybridized carbons (Fsp3) is 0.295. The number of esters is 4. The van der Waals surface area contributed by atoms with Gasteiger partial charge in [-0.3, -0.25) is 28.8 Å². The van der Waals surface area contributed by atoms with Gasteiger partial charge in [0.25, 0.3) is 0 Å². The second kappa shape index (κ2) is 24.8. The molecule has 3 unspecified atom stereocenters. The van der Waals surface area contributed by atoms with Crippen molar-refractivity contribution < 1.29 is 52.5 Å². The Kier molecular flexibility index (Phi) is 18.9. The minimum atomic E-state index is -1.44. The molecule has 0 heterocycles. The molecule has 0 aliphatic rings. The Hall–Kier alpha value is -6.77. The summed E-state index contributed by atoms with van der Waals surface area (Å²) in [5.74, 6) is -5.05. The van der Waals surface area contributed by atoms with Crippen molar-refractivity contribution >= 4 is 49.3 Å². The molecule has 3 N–H and O–H groups in total. The average Bonchev–Trinajstić information content (AvgIpc) is 3.26. The van der Waals surface area contributed by atoms with Crippen molar-refractivity contribution in [3.8, 4) is 0 Å². The van der Waals surface area contributed by atoms with E-state index in [-0.39, 0.29) is 65.0 Å². The van der Waals surface area contributed by atoms with Gasteiger partial charge in [0.15, 0.2) is 5.81 Å². The summed E-state index contributed by atoms with van der Waals surface area (Å²) in [4.78, 5) is 91.5. The molecule has 15 heteroatoms. The Balaban J connectivity index is 1.46. The van der Waals surface area contributed by atoms with E-state index >= 15 is 0 Å². The molecular weight excluding hydrogens is 757 g/mol. The molecule has 0 bridgehead atoms. The molecule has 14 nitrogen and oxygen atoms in total. The Labute approximate surface area is 343 Å². The van der Waals surface area contributed by atoms with Crippen LogP contribution < -0.4 is 16.0 Å². The summed E-state index contributed by atoms with van der Waals surface area (Å²) in [6.07, 6.45) is -1.51. The van der Waals surface area contributed by atoms with E-state index in [1.54, 1.807) is 103 Å². The zero-order valence-electron chi connectivity index (χ0n) is 32.8. The average molecular weight is 806 g/mol. The van der Waals surface area contributed by atoms with Crippen LogP contribution in [0.25, 0.3) is 0 Å². The van der Waals surface area contributed by atoms with Crippen molar-refractivity contribution in [3.05, 3.63) is 144 Å². The van der Waals surface area contributed by atoms with Crippen LogP contribution in [0.3, 0.4) is 0 Å². The van der Waals surface area contributed by atoms with Crippen LogP contribution in [0.1, 0.15) is 60.8 Å². The van der Waals surface area contributed by atoms with Gasteiger partial charge in [0.2, 0.25) is 19.7 Å². The Morgan fingerprint density at radius 2 is 0.695 bits per heavy atom. The number of ether oxygens (including phenoxy) is 4. The van der Waals surface area contributed by atoms with Gasteiger partial charge in [0.05, 0.1) is 0 Å². The lowest BCUT2D eigenvalue weighted by atomic mass is 10.0. The zero-order chi connectivity index (χ0) is 42.2. The van der Waals surface area contributed by atoms with E-state index in [1.807, 2.05) is 18.2 Å². The predicted octanol–water partition coefficient (Wildman–Crippen LogP) is 3.98. The number of carbonyl (C=O) groups excluding carboxylic acids is 7. The van der Waals surface area contributed by atoms with Crippen molar-refractivity contribution in [2.75, 3.05) is 0 Å². The predicted molar refractivity (Wildman–Crippen MR) is 217 cm³/mol. The third-order valence-electron chi connectivity index (χ3n) is 8.79. The number of carbonyl (C=O) groups is 7. The molecule has 0 saturated heterocycles. The first-order valence-electron chi connectivity index (χ1n) is 19.2. The Bertz CT molecular complexity index is 1970. The quantitative estimate of drug-likeness (QED) is 0.0558. The van der Waals surface area contributed by atoms with Gasteiger partial charge >= 0.3 is 23.9 Å². The van der Waals surface area contributed by atoms with E-state index in [9.17, 15) is 33.6 Å². The molecule has 0 radical (unpaired) electrons. The largest absolute Gasteiger partial charge is 0.461 e. The highest BCUT2D eigenvalue weighted by Gasteiger charge is 2.31. The van der Waals surface area contributed by atoms with Gasteiger partial charge in [0.1, 0.15) is 44.6 Å². The van der Waals surface area contributed by atoms with Crippen molar-refractivity contribution in [2.45, 2.75) is 83.1 Å². The molecule has 308 valence electrons. The van der Waals surface area contributed by atoms with Crippen LogP contribution in [-0.4, -0.2) is 67.5 Å². The number of hydrogen-bond acceptors (Lipinski definition) is 11. The summed E-state index contributed by atoms with van der Waals surface area (Å²) in [6, 6.07) is 31.7. The topological polar surface area (TPSA) is 192 Å². The van der Waals surface area contributed by atoms with Crippen molar-refractivity contribution in [2.24, 2.45) is 0 Å². The summed E-state index contributed by atoms with van der Waals surface area (Å²) in [7, 11) is 1.19. The Morgan fingerprint density at radius 1 is 0.407 bits per heavy atom. The third-order valence-corrected chi connectivity index (χ3v) is 8.79. The maximum Gasteiger partial charge on any atom is 0.328 e. The second-order valence-corrected chi connectivity index (χ2v) is 13.5. The molecule has 0 aliphatic heterocycles. The van der Waals surface area contributed by atoms with Crippen LogP contribution in [0.4, 0.5) is 4.79 Å². The number of amides is 3. The highest BCUT2D eigenvalue weighted by atomic mass is 16.5. The minimum absolute atomic E-state index is 0.00381. The van der Waals surface area contributed by atoms with Crippen LogP contribution in [0, 0.1) is 0 Å². The first kappa shape index (κ1) is 44.9. The van der Waals surface area contributed by atoms with Crippen molar-refractivity contribution in [1.82, 2.24) is 16.0 Å². The number of benzene rings is 4. The highest BCUT2D eigenvalue weighted by Crippen LogP contribution is 2.12. The van der Waals surface area contributed by atoms with Crippen molar-refractivity contribution in [3.63, 3.8) is 0 Å². The summed E-state index contributed by atoms with van der Waals surface area (Å²) in [5, 5.41) is 7.65. The van der Waals surface area contributed by atoms with Crippen molar-refractivity contribution in [1.29, 1.82) is 0 Å². The molecule has 4 rings (SSSR count). The van der Waals surface area contributed by atoms with Gasteiger partial charge in [0, 0.05) is 19.3 Å².